The van der Waals surface area contributed by atoms with Crippen LogP contribution in [0.15, 0.2) is 0 Å². The molecule has 2 saturated heterocycles. The highest BCUT2D eigenvalue weighted by Gasteiger charge is 2.56. The van der Waals surface area contributed by atoms with Crippen molar-refractivity contribution in [3.05, 3.63) is 0 Å². The van der Waals surface area contributed by atoms with Gasteiger partial charge in [-0.1, -0.05) is 0 Å². The standard InChI is InChI=1S/C24H39ClFN5O5/c1-31-12-14(11-27-31)18-9-19(36-30-18)22(34)29-23-4-6-24(7-5-23,20(32)10-23)28-21(33)13-35-15-2-3-16(25)17(26)8-15/h14-20,27,30,32H,2-13H2,1H3,(H,28,33)(H,29,34). The first-order chi connectivity index (χ1) is 17.2. The van der Waals surface area contributed by atoms with Crippen LogP contribution < -0.4 is 21.5 Å². The van der Waals surface area contributed by atoms with Crippen LogP contribution in [0.2, 0.25) is 0 Å². The molecule has 0 radical (unpaired) electrons. The first kappa shape index (κ1) is 26.5. The molecule has 4 aliphatic carbocycles. The molecular weight excluding hydrogens is 493 g/mol. The number of aliphatic hydroxyl groups is 1. The van der Waals surface area contributed by atoms with Crippen LogP contribution in [-0.4, -0.2) is 95.7 Å². The summed E-state index contributed by atoms with van der Waals surface area (Å²) in [7, 11) is 2.00. The Kier molecular flexibility index (Phi) is 7.80. The van der Waals surface area contributed by atoms with E-state index in [4.69, 9.17) is 21.2 Å². The number of nitrogens with zero attached hydrogens (tertiary/aromatic N) is 1. The fourth-order valence-electron chi connectivity index (χ4n) is 6.67. The quantitative estimate of drug-likeness (QED) is 0.297. The molecule has 12 heteroatoms. The van der Waals surface area contributed by atoms with Crippen molar-refractivity contribution in [1.82, 2.24) is 26.5 Å². The monoisotopic (exact) mass is 531 g/mol. The second-order valence-corrected chi connectivity index (χ2v) is 12.1. The number of carbonyl (C=O) groups excluding carboxylic acids is 2. The summed E-state index contributed by atoms with van der Waals surface area (Å²) >= 11 is 5.92. The molecule has 0 aromatic heterocycles. The number of halogens is 2. The minimum atomic E-state index is -1.12. The highest BCUT2D eigenvalue weighted by Crippen LogP contribution is 2.47. The molecule has 2 heterocycles. The molecule has 2 aliphatic heterocycles. The maximum absolute atomic E-state index is 13.8. The summed E-state index contributed by atoms with van der Waals surface area (Å²) in [5, 5.41) is 18.8. The summed E-state index contributed by atoms with van der Waals surface area (Å²) in [4.78, 5) is 31.3. The van der Waals surface area contributed by atoms with Crippen molar-refractivity contribution in [3.63, 3.8) is 0 Å². The molecule has 2 amide bonds. The molecule has 7 unspecified atom stereocenters. The third kappa shape index (κ3) is 5.52. The number of hydrazine groups is 1. The SMILES string of the molecule is CN1CC(C2CC(C(=O)NC34CCC(NC(=O)COC5CCC(Cl)C(F)C5)(CC3)C(O)C4)ON2)CN1. The van der Waals surface area contributed by atoms with Crippen LogP contribution in [0.25, 0.3) is 0 Å². The van der Waals surface area contributed by atoms with E-state index in [1.165, 1.54) is 0 Å². The van der Waals surface area contributed by atoms with E-state index in [1.54, 1.807) is 0 Å². The van der Waals surface area contributed by atoms with Gasteiger partial charge in [0.25, 0.3) is 5.91 Å². The zero-order valence-corrected chi connectivity index (χ0v) is 21.6. The van der Waals surface area contributed by atoms with Crippen molar-refractivity contribution in [2.24, 2.45) is 5.92 Å². The van der Waals surface area contributed by atoms with Gasteiger partial charge in [-0.25, -0.2) is 9.40 Å². The molecule has 6 rings (SSSR count). The van der Waals surface area contributed by atoms with Gasteiger partial charge in [-0.2, -0.15) is 5.48 Å². The summed E-state index contributed by atoms with van der Waals surface area (Å²) in [5.74, 6) is -0.0836. The van der Waals surface area contributed by atoms with E-state index in [2.05, 4.69) is 21.5 Å². The summed E-state index contributed by atoms with van der Waals surface area (Å²) in [6.07, 6.45) is 2.05. The molecule has 2 bridgehead atoms. The molecule has 0 aromatic carbocycles. The smallest absolute Gasteiger partial charge is 0.251 e. The van der Waals surface area contributed by atoms with Gasteiger partial charge in [0, 0.05) is 50.5 Å². The number of ether oxygens (including phenoxy) is 1. The molecule has 6 fully saturated rings. The highest BCUT2D eigenvalue weighted by molar-refractivity contribution is 6.21. The van der Waals surface area contributed by atoms with Crippen molar-refractivity contribution < 1.29 is 28.7 Å². The average Bonchev–Trinajstić information content (AvgIpc) is 3.50. The lowest BCUT2D eigenvalue weighted by atomic mass is 9.59. The van der Waals surface area contributed by atoms with Gasteiger partial charge in [0.1, 0.15) is 12.8 Å². The lowest BCUT2D eigenvalue weighted by Gasteiger charge is -2.56. The second-order valence-electron chi connectivity index (χ2n) is 11.5. The number of nitrogens with one attached hydrogen (secondary N) is 4. The topological polar surface area (TPSA) is 124 Å². The lowest BCUT2D eigenvalue weighted by molar-refractivity contribution is -0.144. The van der Waals surface area contributed by atoms with Crippen molar-refractivity contribution in [2.75, 3.05) is 26.7 Å². The summed E-state index contributed by atoms with van der Waals surface area (Å²) in [6, 6.07) is 0.116. The largest absolute Gasteiger partial charge is 0.391 e. The molecule has 0 spiro atoms. The zero-order valence-electron chi connectivity index (χ0n) is 20.8. The summed E-state index contributed by atoms with van der Waals surface area (Å²) in [6.45, 7) is 1.58. The molecule has 36 heavy (non-hydrogen) atoms. The minimum absolute atomic E-state index is 0.116. The molecule has 10 nitrogen and oxygen atoms in total. The Hall–Kier alpha value is -1.08. The van der Waals surface area contributed by atoms with Crippen LogP contribution in [-0.2, 0) is 19.2 Å². The number of aliphatic hydroxyl groups excluding tert-OH is 1. The Morgan fingerprint density at radius 3 is 2.67 bits per heavy atom. The number of fused-ring (bicyclic) bond motifs is 3. The van der Waals surface area contributed by atoms with Crippen molar-refractivity contribution in [1.29, 1.82) is 0 Å². The van der Waals surface area contributed by atoms with E-state index in [0.29, 0.717) is 57.3 Å². The van der Waals surface area contributed by atoms with Gasteiger partial charge < -0.3 is 20.5 Å². The van der Waals surface area contributed by atoms with Crippen LogP contribution in [0.3, 0.4) is 0 Å². The summed E-state index contributed by atoms with van der Waals surface area (Å²) < 4.78 is 19.5. The van der Waals surface area contributed by atoms with Gasteiger partial charge in [-0.3, -0.25) is 19.9 Å². The first-order valence-corrected chi connectivity index (χ1v) is 13.7. The van der Waals surface area contributed by atoms with E-state index in [0.717, 1.165) is 13.1 Å². The van der Waals surface area contributed by atoms with E-state index in [-0.39, 0.29) is 37.0 Å². The van der Waals surface area contributed by atoms with Crippen molar-refractivity contribution >= 4 is 23.4 Å². The maximum atomic E-state index is 13.8. The molecule has 4 saturated carbocycles. The minimum Gasteiger partial charge on any atom is -0.391 e. The Bertz CT molecular complexity index is 831. The Morgan fingerprint density at radius 2 is 2.00 bits per heavy atom. The fraction of sp³-hybridized carbons (Fsp3) is 0.917. The van der Waals surface area contributed by atoms with Crippen LogP contribution in [0, 0.1) is 5.92 Å². The van der Waals surface area contributed by atoms with E-state index in [9.17, 15) is 19.1 Å². The molecular formula is C24H39ClFN5O5. The number of carbonyl (C=O) groups is 2. The Morgan fingerprint density at radius 1 is 1.22 bits per heavy atom. The molecule has 0 aromatic rings. The van der Waals surface area contributed by atoms with Crippen LogP contribution >= 0.6 is 11.6 Å². The van der Waals surface area contributed by atoms with E-state index < -0.39 is 34.8 Å². The van der Waals surface area contributed by atoms with E-state index >= 15 is 0 Å². The number of amides is 2. The maximum Gasteiger partial charge on any atom is 0.251 e. The number of alkyl halides is 2. The third-order valence-electron chi connectivity index (χ3n) is 9.02. The van der Waals surface area contributed by atoms with Gasteiger partial charge in [0.2, 0.25) is 5.91 Å². The second kappa shape index (κ2) is 10.6. The Labute approximate surface area is 216 Å². The number of hydrogen-bond acceptors (Lipinski definition) is 8. The molecule has 7 atom stereocenters. The van der Waals surface area contributed by atoms with Crippen LogP contribution in [0.5, 0.6) is 0 Å². The number of hydrogen-bond donors (Lipinski definition) is 5. The fourth-order valence-corrected chi connectivity index (χ4v) is 6.90. The summed E-state index contributed by atoms with van der Waals surface area (Å²) in [5.41, 5.74) is 5.10. The van der Waals surface area contributed by atoms with Crippen molar-refractivity contribution in [2.45, 2.75) is 105 Å². The molecule has 6 aliphatic rings. The third-order valence-corrected chi connectivity index (χ3v) is 9.51. The zero-order chi connectivity index (χ0) is 25.5. The number of rotatable bonds is 7. The van der Waals surface area contributed by atoms with Gasteiger partial charge in [-0.05, 0) is 44.9 Å². The van der Waals surface area contributed by atoms with Gasteiger partial charge >= 0.3 is 0 Å². The van der Waals surface area contributed by atoms with Gasteiger partial charge in [0.05, 0.1) is 23.1 Å². The highest BCUT2D eigenvalue weighted by atomic mass is 35.5. The van der Waals surface area contributed by atoms with Crippen molar-refractivity contribution in [3.8, 4) is 0 Å². The van der Waals surface area contributed by atoms with Gasteiger partial charge in [0.15, 0.2) is 6.10 Å². The predicted octanol–water partition coefficient (Wildman–Crippen LogP) is 0.278. The average molecular weight is 532 g/mol. The number of hydroxylamine groups is 1. The van der Waals surface area contributed by atoms with E-state index in [1.807, 2.05) is 12.1 Å². The molecule has 204 valence electrons. The normalized spacial score (nSPS) is 45.1. The lowest BCUT2D eigenvalue weighted by Crippen LogP contribution is -2.70. The first-order valence-electron chi connectivity index (χ1n) is 13.2. The Balaban J connectivity index is 1.09. The van der Waals surface area contributed by atoms with Crippen LogP contribution in [0.4, 0.5) is 4.39 Å². The van der Waals surface area contributed by atoms with Crippen LogP contribution in [0.1, 0.15) is 57.8 Å². The van der Waals surface area contributed by atoms with Gasteiger partial charge in [-0.15, -0.1) is 11.6 Å². The molecule has 5 N–H and O–H groups in total. The predicted molar refractivity (Wildman–Crippen MR) is 130 cm³/mol.